The quantitative estimate of drug-likeness (QED) is 0.113. The molecule has 0 unspecified atom stereocenters. The first kappa shape index (κ1) is 32.2. The predicted octanol–water partition coefficient (Wildman–Crippen LogP) is -3.61. The molecule has 0 atom stereocenters. The summed E-state index contributed by atoms with van der Waals surface area (Å²) in [6, 6.07) is 0. The van der Waals surface area contributed by atoms with Crippen molar-refractivity contribution in [2.75, 3.05) is 58.9 Å². The number of carboxylic acid groups (broad SMARTS) is 5. The van der Waals surface area contributed by atoms with Gasteiger partial charge in [-0.2, -0.15) is 0 Å². The number of rotatable bonds is 16. The molecule has 29 heavy (non-hydrogen) atoms. The van der Waals surface area contributed by atoms with Gasteiger partial charge in [-0.05, 0) is 0 Å². The maximum atomic E-state index is 11.0. The molecule has 0 bridgehead atoms. The van der Waals surface area contributed by atoms with Crippen molar-refractivity contribution in [3.63, 3.8) is 0 Å². The molecule has 0 aliphatic carbocycles. The number of carboxylic acids is 5. The maximum absolute atomic E-state index is 11.0. The fourth-order valence-corrected chi connectivity index (χ4v) is 2.22. The molecule has 14 nitrogen and oxygen atoms in total. The van der Waals surface area contributed by atoms with Crippen molar-refractivity contribution in [1.82, 2.24) is 14.7 Å². The van der Waals surface area contributed by atoms with E-state index in [2.05, 4.69) is 0 Å². The molecular formula is C14H26GdN3O11+4. The molecule has 0 aromatic heterocycles. The molecule has 167 valence electrons. The van der Waals surface area contributed by atoms with Crippen LogP contribution in [0.4, 0.5) is 0 Å². The average Bonchev–Trinajstić information content (AvgIpc) is 2.46. The average molecular weight is 570 g/mol. The van der Waals surface area contributed by atoms with E-state index in [0.29, 0.717) is 0 Å². The van der Waals surface area contributed by atoms with Crippen LogP contribution in [0.5, 0.6) is 0 Å². The van der Waals surface area contributed by atoms with Crippen molar-refractivity contribution >= 4 is 29.8 Å². The summed E-state index contributed by atoms with van der Waals surface area (Å²) in [4.78, 5) is 57.6. The van der Waals surface area contributed by atoms with E-state index < -0.39 is 62.6 Å². The third-order valence-corrected chi connectivity index (χ3v) is 3.26. The van der Waals surface area contributed by atoms with Crippen LogP contribution in [0.15, 0.2) is 0 Å². The van der Waals surface area contributed by atoms with Crippen LogP contribution in [-0.4, -0.2) is 129 Å². The minimum Gasteiger partial charge on any atom is -0.480 e. The van der Waals surface area contributed by atoms with E-state index in [1.165, 1.54) is 4.90 Å². The smallest absolute Gasteiger partial charge is 0.480 e. The fraction of sp³-hybridized carbons (Fsp3) is 0.643. The zero-order valence-electron chi connectivity index (χ0n) is 15.4. The minimum atomic E-state index is -1.24. The Hall–Kier alpha value is -1.49. The summed E-state index contributed by atoms with van der Waals surface area (Å²) in [5.74, 6) is -6.16. The number of hydrogen-bond donors (Lipinski definition) is 5. The Bertz CT molecular complexity index is 489. The van der Waals surface area contributed by atoms with E-state index in [9.17, 15) is 24.0 Å². The van der Waals surface area contributed by atoms with Crippen LogP contribution in [0, 0.1) is 39.9 Å². The van der Waals surface area contributed by atoms with Gasteiger partial charge in [0.15, 0.2) is 0 Å². The fourth-order valence-electron chi connectivity index (χ4n) is 2.22. The van der Waals surface area contributed by atoms with Gasteiger partial charge in [-0.15, -0.1) is 0 Å². The van der Waals surface area contributed by atoms with Crippen LogP contribution in [0.3, 0.4) is 0 Å². The zero-order chi connectivity index (χ0) is 21.0. The van der Waals surface area contributed by atoms with Crippen molar-refractivity contribution < 1.29 is 94.9 Å². The van der Waals surface area contributed by atoms with Crippen molar-refractivity contribution in [3.05, 3.63) is 0 Å². The Morgan fingerprint density at radius 1 is 0.448 bits per heavy atom. The van der Waals surface area contributed by atoms with Crippen molar-refractivity contribution in [3.8, 4) is 0 Å². The van der Waals surface area contributed by atoms with E-state index >= 15 is 0 Å². The maximum Gasteiger partial charge on any atom is 3.00 e. The van der Waals surface area contributed by atoms with Crippen molar-refractivity contribution in [1.29, 1.82) is 0 Å². The van der Waals surface area contributed by atoms with Crippen LogP contribution < -0.4 is 0 Å². The molecule has 0 aromatic carbocycles. The summed E-state index contributed by atoms with van der Waals surface area (Å²) in [5, 5.41) is 44.1. The van der Waals surface area contributed by atoms with E-state index in [1.807, 2.05) is 0 Å². The van der Waals surface area contributed by atoms with Gasteiger partial charge in [0.25, 0.3) is 0 Å². The normalized spacial score (nSPS) is 10.3. The van der Waals surface area contributed by atoms with E-state index in [-0.39, 0.29) is 71.6 Å². The summed E-state index contributed by atoms with van der Waals surface area (Å²) in [5.41, 5.74) is 0. The molecule has 8 N–H and O–H groups in total. The molecule has 0 spiro atoms. The topological polar surface area (TPSA) is 229 Å². The van der Waals surface area contributed by atoms with Gasteiger partial charge in [0.2, 0.25) is 0 Å². The largest absolute Gasteiger partial charge is 3.00 e. The molecule has 0 aliphatic rings. The molecule has 0 aliphatic heterocycles. The van der Waals surface area contributed by atoms with Gasteiger partial charge >= 0.3 is 69.8 Å². The zero-order valence-corrected chi connectivity index (χ0v) is 17.7. The summed E-state index contributed by atoms with van der Waals surface area (Å²) in [7, 11) is 0. The first-order valence-corrected chi connectivity index (χ1v) is 7.75. The standard InChI is InChI=1S/C14H23N3O10.Gd.H2O/c18-10(19)5-15(1-3-16(6-11(20)21)7-12(22)23)2-4-17(8-13(24)25)9-14(26)27;;/h1-9H2,(H,18,19)(H,20,21)(H,22,23)(H,24,25)(H,26,27);;1H2/q;+3;/p+1. The summed E-state index contributed by atoms with van der Waals surface area (Å²) in [6.07, 6.45) is 0. The molecule has 0 saturated heterocycles. The minimum absolute atomic E-state index is 0. The first-order valence-electron chi connectivity index (χ1n) is 7.75. The first-order chi connectivity index (χ1) is 12.5. The van der Waals surface area contributed by atoms with Crippen LogP contribution in [-0.2, 0) is 29.4 Å². The van der Waals surface area contributed by atoms with Gasteiger partial charge in [0.1, 0.15) is 0 Å². The SMILES string of the molecule is O=C(O)CN(CCN(CC(=O)O)CC(=O)O)CCN(CC(=O)O)CC(=O)O.[Gd+3].[OH3+]. The third kappa shape index (κ3) is 19.6. The predicted molar refractivity (Wildman–Crippen MR) is 92.4 cm³/mol. The van der Waals surface area contributed by atoms with Crippen molar-refractivity contribution in [2.24, 2.45) is 0 Å². The molecule has 0 saturated carbocycles. The van der Waals surface area contributed by atoms with E-state index in [1.54, 1.807) is 0 Å². The monoisotopic (exact) mass is 570 g/mol. The Labute approximate surface area is 197 Å². The Morgan fingerprint density at radius 2 is 0.621 bits per heavy atom. The molecular weight excluding hydrogens is 543 g/mol. The second-order valence-corrected chi connectivity index (χ2v) is 5.67. The van der Waals surface area contributed by atoms with Crippen LogP contribution >= 0.6 is 0 Å². The van der Waals surface area contributed by atoms with Gasteiger partial charge < -0.3 is 31.0 Å². The van der Waals surface area contributed by atoms with E-state index in [4.69, 9.17) is 25.5 Å². The Morgan fingerprint density at radius 3 is 0.828 bits per heavy atom. The molecule has 1 radical (unpaired) electrons. The number of aliphatic carboxylic acids is 5. The summed E-state index contributed by atoms with van der Waals surface area (Å²) in [6.45, 7) is -2.74. The summed E-state index contributed by atoms with van der Waals surface area (Å²) < 4.78 is 0. The number of hydrogen-bond acceptors (Lipinski definition) is 8. The van der Waals surface area contributed by atoms with Gasteiger partial charge in [0, 0.05) is 26.2 Å². The molecule has 0 aromatic rings. The molecule has 0 rings (SSSR count). The second-order valence-electron chi connectivity index (χ2n) is 5.67. The molecule has 15 heteroatoms. The van der Waals surface area contributed by atoms with Gasteiger partial charge in [0.05, 0.1) is 32.7 Å². The van der Waals surface area contributed by atoms with Crippen LogP contribution in [0.2, 0.25) is 0 Å². The summed E-state index contributed by atoms with van der Waals surface area (Å²) >= 11 is 0. The molecule has 0 heterocycles. The van der Waals surface area contributed by atoms with Crippen LogP contribution in [0.25, 0.3) is 0 Å². The Balaban J connectivity index is -0.00000338. The van der Waals surface area contributed by atoms with Gasteiger partial charge in [-0.1, -0.05) is 0 Å². The van der Waals surface area contributed by atoms with E-state index in [0.717, 1.165) is 9.80 Å². The van der Waals surface area contributed by atoms with Crippen LogP contribution in [0.1, 0.15) is 0 Å². The molecule has 0 amide bonds. The Kier molecular flexibility index (Phi) is 19.3. The number of carbonyl (C=O) groups is 5. The molecule has 0 fully saturated rings. The second kappa shape index (κ2) is 17.4. The van der Waals surface area contributed by atoms with Crippen molar-refractivity contribution in [2.45, 2.75) is 0 Å². The van der Waals surface area contributed by atoms with Gasteiger partial charge in [-0.25, -0.2) is 0 Å². The van der Waals surface area contributed by atoms with Gasteiger partial charge in [-0.3, -0.25) is 38.7 Å². The third-order valence-electron chi connectivity index (χ3n) is 3.26. The number of nitrogens with zero attached hydrogens (tertiary/aromatic N) is 3.